The molecule has 32 heavy (non-hydrogen) atoms. The Morgan fingerprint density at radius 1 is 0.438 bits per heavy atom. The normalized spacial score (nSPS) is 16.4. The summed E-state index contributed by atoms with van der Waals surface area (Å²) in [7, 11) is -41.5. The number of sulfone groups is 3. The van der Waals surface area contributed by atoms with Crippen molar-refractivity contribution in [2.75, 3.05) is 0 Å². The molecule has 0 bridgehead atoms. The standard InChI is InChI=1S/C5H2F11NO10S5/c6-2(7,8)28(18,19)1(29(20,21)3(9,10)11)30(22,23)5(15,16)32(26,27)17-31(24,25)4(12,13)14/h1,17H. The third-order valence-electron chi connectivity index (χ3n) is 2.57. The lowest BCUT2D eigenvalue weighted by molar-refractivity contribution is -0.0465. The first kappa shape index (κ1) is 30.9. The minimum Gasteiger partial charge on any atom is -0.219 e. The third-order valence-corrected chi connectivity index (χ3v) is 15.0. The van der Waals surface area contributed by atoms with E-state index in [1.54, 1.807) is 0 Å². The van der Waals surface area contributed by atoms with Crippen LogP contribution in [0.5, 0.6) is 0 Å². The molecular weight excluding hydrogens is 603 g/mol. The molecule has 0 spiro atoms. The first-order chi connectivity index (χ1) is 13.3. The van der Waals surface area contributed by atoms with E-state index in [0.29, 0.717) is 0 Å². The summed E-state index contributed by atoms with van der Waals surface area (Å²) in [4.78, 5) is 0. The lowest BCUT2D eigenvalue weighted by atomic mass is 11.5. The van der Waals surface area contributed by atoms with Gasteiger partial charge in [0.25, 0.3) is 33.4 Å². The van der Waals surface area contributed by atoms with Crippen molar-refractivity contribution in [1.29, 1.82) is 0 Å². The van der Waals surface area contributed by atoms with Gasteiger partial charge in [0.05, 0.1) is 0 Å². The van der Waals surface area contributed by atoms with E-state index in [1.807, 2.05) is 0 Å². The van der Waals surface area contributed by atoms with E-state index in [4.69, 9.17) is 0 Å². The van der Waals surface area contributed by atoms with Crippen LogP contribution in [0.15, 0.2) is 0 Å². The molecule has 0 fully saturated rings. The van der Waals surface area contributed by atoms with Crippen molar-refractivity contribution in [3.63, 3.8) is 0 Å². The van der Waals surface area contributed by atoms with Crippen molar-refractivity contribution in [2.45, 2.75) is 25.0 Å². The summed E-state index contributed by atoms with van der Waals surface area (Å²) < 4.78 is 235. The van der Waals surface area contributed by atoms with Crippen molar-refractivity contribution < 1.29 is 90.4 Å². The van der Waals surface area contributed by atoms with Crippen LogP contribution >= 0.6 is 0 Å². The lowest BCUT2D eigenvalue weighted by Crippen LogP contribution is -2.58. The molecule has 0 rings (SSSR count). The van der Waals surface area contributed by atoms with Gasteiger partial charge in [-0.2, -0.15) is 48.3 Å². The Morgan fingerprint density at radius 3 is 0.938 bits per heavy atom. The second-order valence-corrected chi connectivity index (χ2v) is 15.7. The van der Waals surface area contributed by atoms with Crippen LogP contribution in [0.4, 0.5) is 48.3 Å². The average Bonchev–Trinajstić information content (AvgIpc) is 2.40. The highest BCUT2D eigenvalue weighted by Crippen LogP contribution is 2.44. The molecule has 0 aromatic carbocycles. The zero-order chi connectivity index (χ0) is 26.8. The maximum atomic E-state index is 13.9. The van der Waals surface area contributed by atoms with Crippen LogP contribution in [0.1, 0.15) is 0 Å². The van der Waals surface area contributed by atoms with E-state index < -0.39 is 78.7 Å². The summed E-state index contributed by atoms with van der Waals surface area (Å²) in [5, 5.41) is 0. The molecule has 0 amide bonds. The number of rotatable bonds is 7. The molecule has 0 aromatic rings. The molecule has 0 unspecified atom stereocenters. The Kier molecular flexibility index (Phi) is 7.48. The lowest BCUT2D eigenvalue weighted by Gasteiger charge is -2.25. The predicted molar refractivity (Wildman–Crippen MR) is 74.6 cm³/mol. The Morgan fingerprint density at radius 2 is 0.719 bits per heavy atom. The molecule has 0 aliphatic rings. The molecular formula is C5H2F11NO10S5. The SMILES string of the molecule is O=S(=O)(NS(=O)(=O)C(F)(F)S(=O)(=O)C(S(=O)(=O)C(F)(F)F)S(=O)(=O)C(F)(F)F)C(F)(F)F. The van der Waals surface area contributed by atoms with Gasteiger partial charge in [0.1, 0.15) is 0 Å². The van der Waals surface area contributed by atoms with Crippen LogP contribution < -0.4 is 4.13 Å². The first-order valence-corrected chi connectivity index (χ1v) is 13.5. The second kappa shape index (κ2) is 7.73. The number of sulfonamides is 2. The zero-order valence-corrected chi connectivity index (χ0v) is 17.4. The van der Waals surface area contributed by atoms with Crippen LogP contribution in [0.3, 0.4) is 0 Å². The molecule has 0 radical (unpaired) electrons. The van der Waals surface area contributed by atoms with Gasteiger partial charge in [0, 0.05) is 0 Å². The molecule has 0 saturated heterocycles. The molecule has 194 valence electrons. The van der Waals surface area contributed by atoms with E-state index in [2.05, 4.69) is 0 Å². The summed E-state index contributed by atoms with van der Waals surface area (Å²) in [6.07, 6.45) is 0. The fourth-order valence-corrected chi connectivity index (χ4v) is 12.0. The summed E-state index contributed by atoms with van der Waals surface area (Å²) in [5.41, 5.74) is -21.7. The second-order valence-electron chi connectivity index (χ2n) is 4.81. The van der Waals surface area contributed by atoms with Gasteiger partial charge in [-0.25, -0.2) is 42.1 Å². The Hall–Kier alpha value is -1.06. The molecule has 0 heterocycles. The summed E-state index contributed by atoms with van der Waals surface area (Å²) in [6, 6.07) is 0. The van der Waals surface area contributed by atoms with Gasteiger partial charge in [-0.1, -0.05) is 4.13 Å². The number of hydrogen-bond acceptors (Lipinski definition) is 10. The summed E-state index contributed by atoms with van der Waals surface area (Å²) in [5.74, 6) is 0. The van der Waals surface area contributed by atoms with E-state index >= 15 is 0 Å². The minimum atomic E-state index is -8.79. The van der Waals surface area contributed by atoms with Crippen molar-refractivity contribution in [1.82, 2.24) is 4.13 Å². The van der Waals surface area contributed by atoms with Gasteiger partial charge in [-0.05, 0) is 0 Å². The van der Waals surface area contributed by atoms with Crippen LogP contribution in [0, 0.1) is 0 Å². The van der Waals surface area contributed by atoms with Crippen molar-refractivity contribution in [2.24, 2.45) is 0 Å². The molecule has 1 N–H and O–H groups in total. The first-order valence-electron chi connectivity index (χ1n) is 5.88. The van der Waals surface area contributed by atoms with Crippen LogP contribution in [0.2, 0.25) is 0 Å². The average molecular weight is 605 g/mol. The highest BCUT2D eigenvalue weighted by Gasteiger charge is 2.76. The maximum Gasteiger partial charge on any atom is 0.512 e. The molecule has 0 aliphatic carbocycles. The molecule has 0 aliphatic heterocycles. The Labute approximate surface area is 169 Å². The predicted octanol–water partition coefficient (Wildman–Crippen LogP) is -0.127. The topological polar surface area (TPSA) is 183 Å². The van der Waals surface area contributed by atoms with Gasteiger partial charge in [-0.3, -0.25) is 0 Å². The van der Waals surface area contributed by atoms with Crippen molar-refractivity contribution in [3.8, 4) is 0 Å². The van der Waals surface area contributed by atoms with Crippen molar-refractivity contribution in [3.05, 3.63) is 0 Å². The van der Waals surface area contributed by atoms with E-state index in [9.17, 15) is 90.4 Å². The maximum absolute atomic E-state index is 13.9. The minimum absolute atomic E-state index is 1.11. The van der Waals surface area contributed by atoms with Gasteiger partial charge < -0.3 is 0 Å². The van der Waals surface area contributed by atoms with Gasteiger partial charge in [0.2, 0.25) is 0 Å². The molecule has 11 nitrogen and oxygen atoms in total. The zero-order valence-electron chi connectivity index (χ0n) is 13.4. The highest BCUT2D eigenvalue weighted by atomic mass is 32.3. The number of hydrogen-bond donors (Lipinski definition) is 1. The number of nitrogens with one attached hydrogen (secondary N) is 1. The van der Waals surface area contributed by atoms with E-state index in [-0.39, 0.29) is 0 Å². The summed E-state index contributed by atoms with van der Waals surface area (Å²) in [6.45, 7) is 0. The van der Waals surface area contributed by atoms with Gasteiger partial charge in [0.15, 0.2) is 0 Å². The smallest absolute Gasteiger partial charge is 0.219 e. The molecule has 0 aromatic heterocycles. The summed E-state index contributed by atoms with van der Waals surface area (Å²) >= 11 is 0. The fraction of sp³-hybridized carbons (Fsp3) is 1.00. The van der Waals surface area contributed by atoms with E-state index in [0.717, 1.165) is 0 Å². The Bertz CT molecular complexity index is 1240. The molecule has 0 atom stereocenters. The number of halogens is 11. The quantitative estimate of drug-likeness (QED) is 0.384. The molecule has 0 saturated carbocycles. The van der Waals surface area contributed by atoms with Crippen LogP contribution in [-0.4, -0.2) is 67.1 Å². The number of alkyl halides is 11. The van der Waals surface area contributed by atoms with Crippen LogP contribution in [-0.2, 0) is 49.6 Å². The van der Waals surface area contributed by atoms with Gasteiger partial charge >= 0.3 is 41.2 Å². The van der Waals surface area contributed by atoms with Gasteiger partial charge in [-0.15, -0.1) is 0 Å². The highest BCUT2D eigenvalue weighted by molar-refractivity contribution is 8.28. The van der Waals surface area contributed by atoms with Crippen LogP contribution in [0.25, 0.3) is 0 Å². The monoisotopic (exact) mass is 605 g/mol. The fourth-order valence-electron chi connectivity index (χ4n) is 1.22. The largest absolute Gasteiger partial charge is 0.512 e. The van der Waals surface area contributed by atoms with E-state index in [1.165, 1.54) is 0 Å². The molecule has 27 heteroatoms. The third kappa shape index (κ3) is 4.89. The Balaban J connectivity index is 7.44. The van der Waals surface area contributed by atoms with Crippen molar-refractivity contribution >= 4 is 49.6 Å².